The Bertz CT molecular complexity index is 617. The molecular weight excluding hydrogens is 331 g/mol. The van der Waals surface area contributed by atoms with Crippen molar-refractivity contribution >= 4 is 11.8 Å². The lowest BCUT2D eigenvalue weighted by Crippen LogP contribution is -2.48. The van der Waals surface area contributed by atoms with Crippen molar-refractivity contribution in [3.05, 3.63) is 35.6 Å². The first-order valence-electron chi connectivity index (χ1n) is 9.95. The second-order valence-electron chi connectivity index (χ2n) is 7.49. The predicted molar refractivity (Wildman–Crippen MR) is 99.3 cm³/mol. The zero-order valence-corrected chi connectivity index (χ0v) is 15.6. The lowest BCUT2D eigenvalue weighted by atomic mass is 9.90. The molecule has 3 rings (SSSR count). The lowest BCUT2D eigenvalue weighted by molar-refractivity contribution is -0.139. The molecule has 0 N–H and O–H groups in total. The van der Waals surface area contributed by atoms with Crippen LogP contribution < -0.4 is 0 Å². The van der Waals surface area contributed by atoms with Crippen molar-refractivity contribution in [1.29, 1.82) is 0 Å². The van der Waals surface area contributed by atoms with Gasteiger partial charge >= 0.3 is 0 Å². The van der Waals surface area contributed by atoms with Crippen LogP contribution in [0, 0.1) is 11.7 Å². The highest BCUT2D eigenvalue weighted by Crippen LogP contribution is 2.27. The molecule has 2 aliphatic rings. The van der Waals surface area contributed by atoms with Gasteiger partial charge < -0.3 is 9.80 Å². The number of hydrogen-bond donors (Lipinski definition) is 0. The average molecular weight is 360 g/mol. The molecule has 1 saturated carbocycles. The monoisotopic (exact) mass is 360 g/mol. The number of amides is 2. The van der Waals surface area contributed by atoms with E-state index in [9.17, 15) is 14.0 Å². The molecule has 0 bridgehead atoms. The fourth-order valence-corrected chi connectivity index (χ4v) is 4.33. The van der Waals surface area contributed by atoms with E-state index in [1.54, 1.807) is 4.90 Å². The van der Waals surface area contributed by atoms with E-state index in [4.69, 9.17) is 0 Å². The van der Waals surface area contributed by atoms with Gasteiger partial charge in [0.25, 0.3) is 5.91 Å². The summed E-state index contributed by atoms with van der Waals surface area (Å²) in [5.74, 6) is -0.119. The fourth-order valence-electron chi connectivity index (χ4n) is 4.33. The van der Waals surface area contributed by atoms with Crippen LogP contribution in [-0.2, 0) is 4.79 Å². The number of hydrogen-bond acceptors (Lipinski definition) is 2. The number of nitrogens with zero attached hydrogens (tertiary/aromatic N) is 2. The highest BCUT2D eigenvalue weighted by atomic mass is 19.1. The Morgan fingerprint density at radius 3 is 2.23 bits per heavy atom. The zero-order valence-electron chi connectivity index (χ0n) is 15.6. The molecule has 142 valence electrons. The number of piperidine rings is 1. The van der Waals surface area contributed by atoms with Gasteiger partial charge in [-0.05, 0) is 56.9 Å². The maximum Gasteiger partial charge on any atom is 0.253 e. The van der Waals surface area contributed by atoms with E-state index in [2.05, 4.69) is 11.8 Å². The summed E-state index contributed by atoms with van der Waals surface area (Å²) in [4.78, 5) is 29.4. The van der Waals surface area contributed by atoms with Crippen molar-refractivity contribution < 1.29 is 14.0 Å². The molecule has 2 amide bonds. The number of carbonyl (C=O) groups is 2. The summed E-state index contributed by atoms with van der Waals surface area (Å²) < 4.78 is 13.0. The van der Waals surface area contributed by atoms with Crippen molar-refractivity contribution in [2.24, 2.45) is 5.92 Å². The third-order valence-electron chi connectivity index (χ3n) is 5.86. The summed E-state index contributed by atoms with van der Waals surface area (Å²) in [6.45, 7) is 4.03. The molecule has 26 heavy (non-hydrogen) atoms. The van der Waals surface area contributed by atoms with Gasteiger partial charge in [0.15, 0.2) is 0 Å². The zero-order chi connectivity index (χ0) is 18.5. The predicted octanol–water partition coefficient (Wildman–Crippen LogP) is 3.86. The number of rotatable bonds is 4. The van der Waals surface area contributed by atoms with Gasteiger partial charge in [0.1, 0.15) is 5.82 Å². The van der Waals surface area contributed by atoms with E-state index in [1.807, 2.05) is 0 Å². The first-order chi connectivity index (χ1) is 12.6. The van der Waals surface area contributed by atoms with Crippen LogP contribution >= 0.6 is 0 Å². The van der Waals surface area contributed by atoms with Crippen molar-refractivity contribution in [2.75, 3.05) is 19.6 Å². The van der Waals surface area contributed by atoms with E-state index in [-0.39, 0.29) is 23.5 Å². The quantitative estimate of drug-likeness (QED) is 0.818. The molecular formula is C21H29FN2O2. The minimum atomic E-state index is -0.340. The Balaban J connectivity index is 1.56. The molecule has 1 aromatic carbocycles. The molecule has 0 aromatic heterocycles. The fraction of sp³-hybridized carbons (Fsp3) is 0.619. The molecule has 0 radical (unpaired) electrons. The van der Waals surface area contributed by atoms with Crippen molar-refractivity contribution in [3.63, 3.8) is 0 Å². The molecule has 0 unspecified atom stereocenters. The molecule has 1 aliphatic heterocycles. The molecule has 2 fully saturated rings. The standard InChI is InChI=1S/C21H29FN2O2/c1-2-24(19-6-4-3-5-7-19)21(26)17-12-14-23(15-13-17)20(25)16-8-10-18(22)11-9-16/h8-11,17,19H,2-7,12-15H2,1H3. The van der Waals surface area contributed by atoms with Crippen LogP contribution in [0.3, 0.4) is 0 Å². The minimum Gasteiger partial charge on any atom is -0.340 e. The first-order valence-corrected chi connectivity index (χ1v) is 9.95. The van der Waals surface area contributed by atoms with Crippen LogP contribution in [0.15, 0.2) is 24.3 Å². The van der Waals surface area contributed by atoms with Crippen LogP contribution in [0.5, 0.6) is 0 Å². The largest absolute Gasteiger partial charge is 0.340 e. The maximum absolute atomic E-state index is 13.0. The summed E-state index contributed by atoms with van der Waals surface area (Å²) in [6.07, 6.45) is 7.41. The third kappa shape index (κ3) is 4.25. The minimum absolute atomic E-state index is 0.0224. The van der Waals surface area contributed by atoms with Crippen LogP contribution in [0.2, 0.25) is 0 Å². The molecule has 1 saturated heterocycles. The van der Waals surface area contributed by atoms with Gasteiger partial charge in [-0.1, -0.05) is 19.3 Å². The number of carbonyl (C=O) groups excluding carboxylic acids is 2. The second kappa shape index (κ2) is 8.65. The molecule has 0 atom stereocenters. The SMILES string of the molecule is CCN(C(=O)C1CCN(C(=O)c2ccc(F)cc2)CC1)C1CCCCC1. The van der Waals surface area contributed by atoms with E-state index >= 15 is 0 Å². The van der Waals surface area contributed by atoms with Crippen LogP contribution in [0.25, 0.3) is 0 Å². The van der Waals surface area contributed by atoms with E-state index in [0.717, 1.165) is 32.2 Å². The topological polar surface area (TPSA) is 40.6 Å². The maximum atomic E-state index is 13.0. The Kier molecular flexibility index (Phi) is 6.28. The van der Waals surface area contributed by atoms with Gasteiger partial charge in [-0.25, -0.2) is 4.39 Å². The Morgan fingerprint density at radius 2 is 1.65 bits per heavy atom. The smallest absolute Gasteiger partial charge is 0.253 e. The van der Waals surface area contributed by atoms with Crippen molar-refractivity contribution in [3.8, 4) is 0 Å². The van der Waals surface area contributed by atoms with Gasteiger partial charge in [0.05, 0.1) is 0 Å². The number of benzene rings is 1. The van der Waals surface area contributed by atoms with Crippen molar-refractivity contribution in [1.82, 2.24) is 9.80 Å². The molecule has 0 spiro atoms. The molecule has 4 nitrogen and oxygen atoms in total. The van der Waals surface area contributed by atoms with Gasteiger partial charge in [-0.2, -0.15) is 0 Å². The van der Waals surface area contributed by atoms with E-state index in [1.165, 1.54) is 43.5 Å². The number of halogens is 1. The van der Waals surface area contributed by atoms with E-state index < -0.39 is 0 Å². The Labute approximate surface area is 155 Å². The normalized spacial score (nSPS) is 19.4. The van der Waals surface area contributed by atoms with Crippen LogP contribution in [0.4, 0.5) is 4.39 Å². The summed E-state index contributed by atoms with van der Waals surface area (Å²) in [5, 5.41) is 0. The Morgan fingerprint density at radius 1 is 1.04 bits per heavy atom. The van der Waals surface area contributed by atoms with Crippen molar-refractivity contribution in [2.45, 2.75) is 57.9 Å². The number of likely N-dealkylation sites (tertiary alicyclic amines) is 1. The van der Waals surface area contributed by atoms with E-state index in [0.29, 0.717) is 24.7 Å². The molecule has 1 heterocycles. The Hall–Kier alpha value is -1.91. The van der Waals surface area contributed by atoms with Crippen LogP contribution in [0.1, 0.15) is 62.2 Å². The van der Waals surface area contributed by atoms with Crippen LogP contribution in [-0.4, -0.2) is 47.3 Å². The molecule has 1 aromatic rings. The highest BCUT2D eigenvalue weighted by Gasteiger charge is 2.33. The highest BCUT2D eigenvalue weighted by molar-refractivity contribution is 5.94. The summed E-state index contributed by atoms with van der Waals surface area (Å²) in [6, 6.07) is 6.08. The third-order valence-corrected chi connectivity index (χ3v) is 5.86. The molecule has 1 aliphatic carbocycles. The second-order valence-corrected chi connectivity index (χ2v) is 7.49. The first kappa shape index (κ1) is 18.9. The molecule has 5 heteroatoms. The summed E-state index contributed by atoms with van der Waals surface area (Å²) in [5.41, 5.74) is 0.508. The van der Waals surface area contributed by atoms with Gasteiger partial charge in [0.2, 0.25) is 5.91 Å². The summed E-state index contributed by atoms with van der Waals surface area (Å²) >= 11 is 0. The average Bonchev–Trinajstić information content (AvgIpc) is 2.69. The summed E-state index contributed by atoms with van der Waals surface area (Å²) in [7, 11) is 0. The van der Waals surface area contributed by atoms with Gasteiger partial charge in [-0.3, -0.25) is 9.59 Å². The lowest BCUT2D eigenvalue weighted by Gasteiger charge is -2.38. The van der Waals surface area contributed by atoms with Gasteiger partial charge in [0, 0.05) is 37.2 Å². The van der Waals surface area contributed by atoms with Gasteiger partial charge in [-0.15, -0.1) is 0 Å².